The van der Waals surface area contributed by atoms with Crippen LogP contribution >= 0.6 is 12.4 Å². The lowest BCUT2D eigenvalue weighted by Gasteiger charge is -2.28. The van der Waals surface area contributed by atoms with Crippen LogP contribution in [0.4, 0.5) is 4.39 Å². The zero-order chi connectivity index (χ0) is 21.5. The molecular formula is C24H26ClFN4O. The number of hydrogen-bond acceptors (Lipinski definition) is 5. The lowest BCUT2D eigenvalue weighted by Crippen LogP contribution is -2.39. The smallest absolute Gasteiger partial charge is 0.153 e. The first kappa shape index (κ1) is 22.7. The first-order valence-electron chi connectivity index (χ1n) is 9.93. The van der Waals surface area contributed by atoms with Gasteiger partial charge in [-0.2, -0.15) is 0 Å². The van der Waals surface area contributed by atoms with Gasteiger partial charge in [-0.25, -0.2) is 14.4 Å². The standard InChI is InChI=1S/C24H25FN4O.ClH/c1-14(2)30-21-11-17(25)7-8-18(21)19-6-4-5-16-13-28-23(29-22(16)19)24(27)10-9-15(3)20(26)12-24;/h4-11,13-14H,12,26-27H2,1-3H3;1H. The molecule has 0 aliphatic heterocycles. The van der Waals surface area contributed by atoms with Crippen LogP contribution in [0.1, 0.15) is 33.0 Å². The summed E-state index contributed by atoms with van der Waals surface area (Å²) in [5.41, 5.74) is 15.9. The number of nitrogens with zero attached hydrogens (tertiary/aromatic N) is 2. The maximum Gasteiger partial charge on any atom is 0.153 e. The highest BCUT2D eigenvalue weighted by molar-refractivity contribution is 5.94. The van der Waals surface area contributed by atoms with Gasteiger partial charge in [0.25, 0.3) is 0 Å². The van der Waals surface area contributed by atoms with E-state index in [1.165, 1.54) is 12.1 Å². The van der Waals surface area contributed by atoms with Crippen LogP contribution in [0.2, 0.25) is 0 Å². The largest absolute Gasteiger partial charge is 0.490 e. The third-order valence-corrected chi connectivity index (χ3v) is 5.24. The topological polar surface area (TPSA) is 87.1 Å². The fraction of sp³-hybridized carbons (Fsp3) is 0.250. The molecule has 1 unspecified atom stereocenters. The Balaban J connectivity index is 0.00000272. The minimum atomic E-state index is -0.884. The highest BCUT2D eigenvalue weighted by Crippen LogP contribution is 2.37. The van der Waals surface area contributed by atoms with Gasteiger partial charge in [0.15, 0.2) is 5.82 Å². The second-order valence-corrected chi connectivity index (χ2v) is 8.00. The van der Waals surface area contributed by atoms with E-state index in [0.29, 0.717) is 18.0 Å². The van der Waals surface area contributed by atoms with Crippen LogP contribution in [0.3, 0.4) is 0 Å². The molecule has 5 nitrogen and oxygen atoms in total. The summed E-state index contributed by atoms with van der Waals surface area (Å²) in [5, 5.41) is 0.860. The molecule has 7 heteroatoms. The van der Waals surface area contributed by atoms with Gasteiger partial charge in [-0.1, -0.05) is 30.4 Å². The van der Waals surface area contributed by atoms with E-state index in [0.717, 1.165) is 33.3 Å². The molecule has 1 aliphatic rings. The van der Waals surface area contributed by atoms with E-state index in [-0.39, 0.29) is 24.3 Å². The van der Waals surface area contributed by atoms with Crippen molar-refractivity contribution in [2.45, 2.75) is 38.8 Å². The first-order valence-corrected chi connectivity index (χ1v) is 9.93. The molecule has 0 radical (unpaired) electrons. The zero-order valence-corrected chi connectivity index (χ0v) is 18.5. The minimum Gasteiger partial charge on any atom is -0.490 e. The van der Waals surface area contributed by atoms with Crippen molar-refractivity contribution in [2.75, 3.05) is 0 Å². The number of halogens is 2. The molecule has 2 aromatic carbocycles. The molecule has 0 bridgehead atoms. The van der Waals surface area contributed by atoms with Crippen molar-refractivity contribution in [1.29, 1.82) is 0 Å². The highest BCUT2D eigenvalue weighted by atomic mass is 35.5. The van der Waals surface area contributed by atoms with Gasteiger partial charge in [-0.15, -0.1) is 12.4 Å². The van der Waals surface area contributed by atoms with Crippen molar-refractivity contribution < 1.29 is 9.13 Å². The van der Waals surface area contributed by atoms with E-state index in [9.17, 15) is 4.39 Å². The van der Waals surface area contributed by atoms with E-state index in [1.807, 2.05) is 51.1 Å². The third kappa shape index (κ3) is 4.40. The van der Waals surface area contributed by atoms with Gasteiger partial charge in [0.1, 0.15) is 17.1 Å². The average molecular weight is 441 g/mol. The molecule has 31 heavy (non-hydrogen) atoms. The van der Waals surface area contributed by atoms with Gasteiger partial charge in [0, 0.05) is 40.9 Å². The van der Waals surface area contributed by atoms with Crippen molar-refractivity contribution in [2.24, 2.45) is 11.5 Å². The fourth-order valence-electron chi connectivity index (χ4n) is 3.62. The molecule has 4 N–H and O–H groups in total. The quantitative estimate of drug-likeness (QED) is 0.596. The molecule has 1 aromatic heterocycles. The van der Waals surface area contributed by atoms with Gasteiger partial charge in [-0.05, 0) is 38.5 Å². The maximum atomic E-state index is 13.9. The third-order valence-electron chi connectivity index (χ3n) is 5.24. The second-order valence-electron chi connectivity index (χ2n) is 8.00. The Hall–Kier alpha value is -2.96. The molecule has 3 aromatic rings. The van der Waals surface area contributed by atoms with Crippen molar-refractivity contribution in [3.05, 3.63) is 77.7 Å². The summed E-state index contributed by atoms with van der Waals surface area (Å²) in [6, 6.07) is 10.3. The van der Waals surface area contributed by atoms with E-state index in [4.69, 9.17) is 21.2 Å². The Kier molecular flexibility index (Phi) is 6.34. The Morgan fingerprint density at radius 1 is 1.16 bits per heavy atom. The zero-order valence-electron chi connectivity index (χ0n) is 17.7. The Labute approximate surface area is 187 Å². The Morgan fingerprint density at radius 2 is 1.94 bits per heavy atom. The van der Waals surface area contributed by atoms with Crippen LogP contribution in [-0.2, 0) is 5.54 Å². The molecule has 0 spiro atoms. The number of nitrogens with two attached hydrogens (primary N) is 2. The summed E-state index contributed by atoms with van der Waals surface area (Å²) in [6.45, 7) is 5.77. The minimum absolute atomic E-state index is 0. The molecule has 4 rings (SSSR count). The summed E-state index contributed by atoms with van der Waals surface area (Å²) in [6.07, 6.45) is 5.92. The molecule has 1 aliphatic carbocycles. The summed E-state index contributed by atoms with van der Waals surface area (Å²) in [4.78, 5) is 9.36. The van der Waals surface area contributed by atoms with Crippen molar-refractivity contribution >= 4 is 23.3 Å². The molecule has 162 valence electrons. The summed E-state index contributed by atoms with van der Waals surface area (Å²) < 4.78 is 19.8. The number of para-hydroxylation sites is 1. The van der Waals surface area contributed by atoms with Crippen LogP contribution in [-0.4, -0.2) is 16.1 Å². The monoisotopic (exact) mass is 440 g/mol. The number of benzene rings is 2. The number of ether oxygens (including phenoxy) is 1. The predicted molar refractivity (Wildman–Crippen MR) is 124 cm³/mol. The van der Waals surface area contributed by atoms with Gasteiger partial charge in [0.2, 0.25) is 0 Å². The number of rotatable bonds is 4. The van der Waals surface area contributed by atoms with Crippen LogP contribution in [0.15, 0.2) is 66.0 Å². The lowest BCUT2D eigenvalue weighted by atomic mass is 9.87. The Morgan fingerprint density at radius 3 is 2.65 bits per heavy atom. The van der Waals surface area contributed by atoms with Crippen LogP contribution in [0.5, 0.6) is 5.75 Å². The predicted octanol–water partition coefficient (Wildman–Crippen LogP) is 4.99. The number of hydrogen-bond donors (Lipinski definition) is 2. The maximum absolute atomic E-state index is 13.9. The van der Waals surface area contributed by atoms with E-state index >= 15 is 0 Å². The number of allylic oxidation sites excluding steroid dienone is 2. The lowest BCUT2D eigenvalue weighted by molar-refractivity contribution is 0.242. The van der Waals surface area contributed by atoms with Gasteiger partial charge in [0.05, 0.1) is 11.6 Å². The summed E-state index contributed by atoms with van der Waals surface area (Å²) in [5.74, 6) is 0.610. The van der Waals surface area contributed by atoms with Crippen molar-refractivity contribution in [3.8, 4) is 16.9 Å². The van der Waals surface area contributed by atoms with Gasteiger partial charge >= 0.3 is 0 Å². The average Bonchev–Trinajstić information content (AvgIpc) is 2.70. The number of fused-ring (bicyclic) bond motifs is 1. The molecule has 0 saturated heterocycles. The number of aromatic nitrogens is 2. The first-order chi connectivity index (χ1) is 14.3. The highest BCUT2D eigenvalue weighted by Gasteiger charge is 2.31. The van der Waals surface area contributed by atoms with Crippen LogP contribution in [0.25, 0.3) is 22.0 Å². The second kappa shape index (κ2) is 8.65. The van der Waals surface area contributed by atoms with E-state index in [1.54, 1.807) is 12.3 Å². The molecule has 0 amide bonds. The van der Waals surface area contributed by atoms with Crippen molar-refractivity contribution in [1.82, 2.24) is 9.97 Å². The molecule has 1 heterocycles. The fourth-order valence-corrected chi connectivity index (χ4v) is 3.62. The summed E-state index contributed by atoms with van der Waals surface area (Å²) in [7, 11) is 0. The SMILES string of the molecule is CC1=C(N)CC(N)(c2ncc3cccc(-c4ccc(F)cc4OC(C)C)c3n2)C=C1.Cl. The molecule has 0 fully saturated rings. The van der Waals surface area contributed by atoms with E-state index in [2.05, 4.69) is 4.98 Å². The van der Waals surface area contributed by atoms with Crippen molar-refractivity contribution in [3.63, 3.8) is 0 Å². The van der Waals surface area contributed by atoms with Crippen LogP contribution < -0.4 is 16.2 Å². The molecule has 1 atom stereocenters. The summed E-state index contributed by atoms with van der Waals surface area (Å²) >= 11 is 0. The van der Waals surface area contributed by atoms with Gasteiger partial charge < -0.3 is 16.2 Å². The molecular weight excluding hydrogens is 415 g/mol. The Bertz CT molecular complexity index is 1190. The van der Waals surface area contributed by atoms with Gasteiger partial charge in [-0.3, -0.25) is 0 Å². The van der Waals surface area contributed by atoms with Crippen LogP contribution in [0, 0.1) is 5.82 Å². The normalized spacial score (nSPS) is 18.4. The van der Waals surface area contributed by atoms with E-state index < -0.39 is 5.54 Å². The molecule has 0 saturated carbocycles.